The molecule has 1 atom stereocenters. The third-order valence-corrected chi connectivity index (χ3v) is 9.00. The number of hydrogen-bond donors (Lipinski definition) is 0. The smallest absolute Gasteiger partial charge is 0.254 e. The molecule has 3 heterocycles. The van der Waals surface area contributed by atoms with Gasteiger partial charge in [0.1, 0.15) is 0 Å². The summed E-state index contributed by atoms with van der Waals surface area (Å²) in [7, 11) is -3.04. The van der Waals surface area contributed by atoms with Crippen LogP contribution in [0.5, 0.6) is 0 Å². The van der Waals surface area contributed by atoms with Gasteiger partial charge in [0.05, 0.1) is 34.2 Å². The van der Waals surface area contributed by atoms with Gasteiger partial charge in [-0.05, 0) is 52.0 Å². The Balaban J connectivity index is 1.61. The largest absolute Gasteiger partial charge is 0.336 e. The van der Waals surface area contributed by atoms with Crippen molar-refractivity contribution in [2.75, 3.05) is 18.1 Å². The highest BCUT2D eigenvalue weighted by atomic mass is 32.2. The first-order chi connectivity index (χ1) is 14.9. The molecular formula is C23H32N4O3S. The number of sulfone groups is 1. The fraction of sp³-hybridized carbons (Fsp3) is 0.696. The quantitative estimate of drug-likeness (QED) is 0.701. The van der Waals surface area contributed by atoms with Crippen molar-refractivity contribution in [3.8, 4) is 0 Å². The van der Waals surface area contributed by atoms with Gasteiger partial charge < -0.3 is 4.90 Å². The summed E-state index contributed by atoms with van der Waals surface area (Å²) >= 11 is 0. The predicted molar refractivity (Wildman–Crippen MR) is 120 cm³/mol. The molecule has 2 aromatic rings. The van der Waals surface area contributed by atoms with E-state index in [-0.39, 0.29) is 23.5 Å². The van der Waals surface area contributed by atoms with E-state index in [1.807, 2.05) is 17.9 Å². The average molecular weight is 445 g/mol. The van der Waals surface area contributed by atoms with E-state index >= 15 is 0 Å². The van der Waals surface area contributed by atoms with Gasteiger partial charge in [0.25, 0.3) is 5.91 Å². The van der Waals surface area contributed by atoms with Crippen LogP contribution < -0.4 is 0 Å². The number of aryl methyl sites for hydroxylation is 1. The van der Waals surface area contributed by atoms with Crippen LogP contribution >= 0.6 is 0 Å². The van der Waals surface area contributed by atoms with Gasteiger partial charge in [0, 0.05) is 24.2 Å². The second kappa shape index (κ2) is 7.87. The Morgan fingerprint density at radius 2 is 1.90 bits per heavy atom. The van der Waals surface area contributed by atoms with Crippen LogP contribution in [0.4, 0.5) is 0 Å². The van der Waals surface area contributed by atoms with Gasteiger partial charge in [-0.1, -0.05) is 19.3 Å². The number of rotatable bonds is 5. The summed E-state index contributed by atoms with van der Waals surface area (Å²) in [4.78, 5) is 20.8. The highest BCUT2D eigenvalue weighted by molar-refractivity contribution is 7.91. The number of amides is 1. The molecule has 0 N–H and O–H groups in total. The molecule has 3 aliphatic rings. The third-order valence-electron chi connectivity index (χ3n) is 7.25. The van der Waals surface area contributed by atoms with Gasteiger partial charge >= 0.3 is 0 Å². The molecule has 8 heteroatoms. The number of nitrogens with zero attached hydrogens (tertiary/aromatic N) is 4. The van der Waals surface area contributed by atoms with E-state index < -0.39 is 9.84 Å². The van der Waals surface area contributed by atoms with E-state index in [1.165, 1.54) is 19.3 Å². The molecule has 3 fully saturated rings. The zero-order valence-corrected chi connectivity index (χ0v) is 19.3. The fourth-order valence-electron chi connectivity index (χ4n) is 5.43. The van der Waals surface area contributed by atoms with Crippen LogP contribution in [0.15, 0.2) is 6.07 Å². The molecule has 0 bridgehead atoms. The minimum atomic E-state index is -3.04. The second-order valence-corrected chi connectivity index (χ2v) is 11.8. The predicted octanol–water partition coefficient (Wildman–Crippen LogP) is 3.77. The van der Waals surface area contributed by atoms with Gasteiger partial charge in [-0.15, -0.1) is 0 Å². The van der Waals surface area contributed by atoms with E-state index in [0.717, 1.165) is 42.5 Å². The van der Waals surface area contributed by atoms with Crippen LogP contribution in [0, 0.1) is 6.92 Å². The summed E-state index contributed by atoms with van der Waals surface area (Å²) in [5.74, 6) is 0.768. The maximum Gasteiger partial charge on any atom is 0.254 e. The van der Waals surface area contributed by atoms with Crippen LogP contribution in [-0.4, -0.2) is 58.1 Å². The van der Waals surface area contributed by atoms with Crippen molar-refractivity contribution in [1.29, 1.82) is 0 Å². The molecule has 0 aromatic carbocycles. The summed E-state index contributed by atoms with van der Waals surface area (Å²) in [5.41, 5.74) is 3.10. The first-order valence-electron chi connectivity index (χ1n) is 11.8. The molecule has 1 aliphatic heterocycles. The molecule has 2 aromatic heterocycles. The molecule has 0 spiro atoms. The average Bonchev–Trinajstić information content (AvgIpc) is 3.47. The summed E-state index contributed by atoms with van der Waals surface area (Å²) in [6.45, 7) is 4.67. The number of aromatic nitrogens is 3. The lowest BCUT2D eigenvalue weighted by molar-refractivity contribution is 0.0649. The van der Waals surface area contributed by atoms with Crippen molar-refractivity contribution < 1.29 is 13.2 Å². The highest BCUT2D eigenvalue weighted by Gasteiger charge is 2.35. The van der Waals surface area contributed by atoms with E-state index in [1.54, 1.807) is 4.68 Å². The van der Waals surface area contributed by atoms with Gasteiger partial charge in [-0.3, -0.25) is 4.79 Å². The molecular weight excluding hydrogens is 412 g/mol. The third kappa shape index (κ3) is 3.88. The topological polar surface area (TPSA) is 85.2 Å². The number of pyridine rings is 1. The van der Waals surface area contributed by atoms with Crippen molar-refractivity contribution >= 4 is 26.8 Å². The molecule has 0 radical (unpaired) electrons. The highest BCUT2D eigenvalue weighted by Crippen LogP contribution is 2.41. The van der Waals surface area contributed by atoms with Crippen LogP contribution in [0.25, 0.3) is 11.0 Å². The first-order valence-corrected chi connectivity index (χ1v) is 13.6. The van der Waals surface area contributed by atoms with Gasteiger partial charge in [-0.25, -0.2) is 18.1 Å². The van der Waals surface area contributed by atoms with Crippen molar-refractivity contribution in [2.24, 2.45) is 0 Å². The number of carbonyl (C=O) groups excluding carboxylic acids is 1. The summed E-state index contributed by atoms with van der Waals surface area (Å²) in [6.07, 6.45) is 8.50. The Labute approximate surface area is 184 Å². The normalized spacial score (nSPS) is 24.0. The molecule has 2 saturated carbocycles. The standard InChI is InChI=1S/C23H32N4O3S/c1-3-26(17-7-5-4-6-8-17)23(28)19-13-20(16-9-10-16)24-22-21(19)15(2)25-27(22)18-11-12-31(29,30)14-18/h13,16-18H,3-12,14H2,1-2H3. The van der Waals surface area contributed by atoms with Crippen LogP contribution in [0.1, 0.15) is 92.0 Å². The van der Waals surface area contributed by atoms with E-state index in [4.69, 9.17) is 10.1 Å². The minimum Gasteiger partial charge on any atom is -0.336 e. The lowest BCUT2D eigenvalue weighted by atomic mass is 9.93. The molecule has 1 saturated heterocycles. The van der Waals surface area contributed by atoms with Crippen molar-refractivity contribution in [1.82, 2.24) is 19.7 Å². The Kier molecular flexibility index (Phi) is 5.31. The molecule has 7 nitrogen and oxygen atoms in total. The zero-order chi connectivity index (χ0) is 21.8. The lowest BCUT2D eigenvalue weighted by Gasteiger charge is -2.34. The molecule has 5 rings (SSSR count). The van der Waals surface area contributed by atoms with E-state index in [0.29, 0.717) is 36.1 Å². The Morgan fingerprint density at radius 1 is 1.16 bits per heavy atom. The van der Waals surface area contributed by atoms with Gasteiger partial charge in [-0.2, -0.15) is 5.10 Å². The molecule has 2 aliphatic carbocycles. The summed E-state index contributed by atoms with van der Waals surface area (Å²) in [6, 6.07) is 2.10. The molecule has 1 unspecified atom stereocenters. The zero-order valence-electron chi connectivity index (χ0n) is 18.5. The number of fused-ring (bicyclic) bond motifs is 1. The SMILES string of the molecule is CCN(C(=O)c1cc(C2CC2)nc2c1c(C)nn2C1CCS(=O)(=O)C1)C1CCCCC1. The minimum absolute atomic E-state index is 0.0744. The number of carbonyl (C=O) groups is 1. The Morgan fingerprint density at radius 3 is 2.52 bits per heavy atom. The van der Waals surface area contributed by atoms with Gasteiger partial charge in [0.2, 0.25) is 0 Å². The van der Waals surface area contributed by atoms with E-state index in [9.17, 15) is 13.2 Å². The van der Waals surface area contributed by atoms with Crippen LogP contribution in [0.2, 0.25) is 0 Å². The molecule has 168 valence electrons. The van der Waals surface area contributed by atoms with Gasteiger partial charge in [0.15, 0.2) is 15.5 Å². The van der Waals surface area contributed by atoms with E-state index in [2.05, 4.69) is 6.92 Å². The van der Waals surface area contributed by atoms with Crippen LogP contribution in [-0.2, 0) is 9.84 Å². The molecule has 31 heavy (non-hydrogen) atoms. The van der Waals surface area contributed by atoms with Crippen molar-refractivity contribution in [2.45, 2.75) is 83.2 Å². The second-order valence-electron chi connectivity index (χ2n) is 9.54. The van der Waals surface area contributed by atoms with Crippen molar-refractivity contribution in [3.05, 3.63) is 23.0 Å². The van der Waals surface area contributed by atoms with Crippen LogP contribution in [0.3, 0.4) is 0 Å². The summed E-state index contributed by atoms with van der Waals surface area (Å²) < 4.78 is 26.0. The van der Waals surface area contributed by atoms with Crippen molar-refractivity contribution in [3.63, 3.8) is 0 Å². The lowest BCUT2D eigenvalue weighted by Crippen LogP contribution is -2.41. The Hall–Kier alpha value is -1.96. The Bertz CT molecular complexity index is 1110. The first kappa shape index (κ1) is 20.9. The maximum absolute atomic E-state index is 13.8. The molecule has 1 amide bonds. The number of hydrogen-bond acceptors (Lipinski definition) is 5. The fourth-order valence-corrected chi connectivity index (χ4v) is 7.12. The monoisotopic (exact) mass is 444 g/mol. The summed E-state index contributed by atoms with van der Waals surface area (Å²) in [5, 5.41) is 5.52. The maximum atomic E-state index is 13.8.